The molecule has 2 nitrogen and oxygen atoms in total. The summed E-state index contributed by atoms with van der Waals surface area (Å²) in [4.78, 5) is 11.5. The first kappa shape index (κ1) is 11.1. The standard InChI is InChI=1S/C13H15FO2/c1-3-13(2)11(15)8-12(13)16-10-6-4-9(14)5-7-10/h4-7,12H,3,8H2,1-2H3. The van der Waals surface area contributed by atoms with Crippen molar-refractivity contribution < 1.29 is 13.9 Å². The van der Waals surface area contributed by atoms with Crippen molar-refractivity contribution in [2.24, 2.45) is 5.41 Å². The number of benzene rings is 1. The summed E-state index contributed by atoms with van der Waals surface area (Å²) in [6.07, 6.45) is 1.16. The summed E-state index contributed by atoms with van der Waals surface area (Å²) in [7, 11) is 0. The van der Waals surface area contributed by atoms with Crippen LogP contribution in [-0.4, -0.2) is 11.9 Å². The van der Waals surface area contributed by atoms with E-state index in [2.05, 4.69) is 0 Å². The molecule has 1 saturated carbocycles. The molecule has 2 rings (SSSR count). The van der Waals surface area contributed by atoms with E-state index in [1.165, 1.54) is 12.1 Å². The Labute approximate surface area is 94.4 Å². The van der Waals surface area contributed by atoms with Gasteiger partial charge in [0.05, 0.1) is 5.41 Å². The molecule has 86 valence electrons. The zero-order valence-corrected chi connectivity index (χ0v) is 9.50. The van der Waals surface area contributed by atoms with Crippen LogP contribution >= 0.6 is 0 Å². The van der Waals surface area contributed by atoms with Gasteiger partial charge in [0.1, 0.15) is 23.5 Å². The number of hydrogen-bond donors (Lipinski definition) is 0. The van der Waals surface area contributed by atoms with Crippen molar-refractivity contribution in [3.05, 3.63) is 30.1 Å². The lowest BCUT2D eigenvalue weighted by atomic mass is 9.64. The number of hydrogen-bond acceptors (Lipinski definition) is 2. The van der Waals surface area contributed by atoms with Crippen molar-refractivity contribution in [1.82, 2.24) is 0 Å². The van der Waals surface area contributed by atoms with Crippen LogP contribution in [0.25, 0.3) is 0 Å². The van der Waals surface area contributed by atoms with Gasteiger partial charge in [0.2, 0.25) is 0 Å². The average molecular weight is 222 g/mol. The lowest BCUT2D eigenvalue weighted by molar-refractivity contribution is -0.150. The molecule has 0 spiro atoms. The highest BCUT2D eigenvalue weighted by atomic mass is 19.1. The lowest BCUT2D eigenvalue weighted by Gasteiger charge is -2.44. The predicted molar refractivity (Wildman–Crippen MR) is 58.8 cm³/mol. The molecule has 2 unspecified atom stereocenters. The second-order valence-corrected chi connectivity index (χ2v) is 4.46. The highest BCUT2D eigenvalue weighted by Crippen LogP contribution is 2.42. The Bertz CT molecular complexity index is 399. The van der Waals surface area contributed by atoms with Crippen LogP contribution in [0.15, 0.2) is 24.3 Å². The first-order chi connectivity index (χ1) is 7.56. The molecule has 1 fully saturated rings. The number of Topliss-reactive ketones (excluding diaryl/α,β-unsaturated/α-hetero) is 1. The van der Waals surface area contributed by atoms with Crippen molar-refractivity contribution in [3.8, 4) is 5.75 Å². The van der Waals surface area contributed by atoms with E-state index in [-0.39, 0.29) is 23.1 Å². The minimum absolute atomic E-state index is 0.0736. The Morgan fingerprint density at radius 1 is 1.44 bits per heavy atom. The molecule has 0 radical (unpaired) electrons. The Kier molecular flexibility index (Phi) is 2.70. The third kappa shape index (κ3) is 1.70. The zero-order valence-electron chi connectivity index (χ0n) is 9.50. The van der Waals surface area contributed by atoms with Gasteiger partial charge in [-0.25, -0.2) is 4.39 Å². The number of ketones is 1. The Hall–Kier alpha value is -1.38. The quantitative estimate of drug-likeness (QED) is 0.786. The summed E-state index contributed by atoms with van der Waals surface area (Å²) in [6.45, 7) is 3.91. The number of carbonyl (C=O) groups excluding carboxylic acids is 1. The molecule has 2 atom stereocenters. The molecular formula is C13H15FO2. The fraction of sp³-hybridized carbons (Fsp3) is 0.462. The van der Waals surface area contributed by atoms with Gasteiger partial charge >= 0.3 is 0 Å². The molecule has 0 heterocycles. The molecule has 0 aliphatic heterocycles. The van der Waals surface area contributed by atoms with Gasteiger partial charge < -0.3 is 4.74 Å². The monoisotopic (exact) mass is 222 g/mol. The van der Waals surface area contributed by atoms with E-state index in [0.29, 0.717) is 12.2 Å². The number of halogens is 1. The summed E-state index contributed by atoms with van der Waals surface area (Å²) < 4.78 is 18.4. The van der Waals surface area contributed by atoms with Gasteiger partial charge in [-0.2, -0.15) is 0 Å². The fourth-order valence-electron chi connectivity index (χ4n) is 1.95. The molecule has 0 saturated heterocycles. The Morgan fingerprint density at radius 3 is 2.56 bits per heavy atom. The van der Waals surface area contributed by atoms with Gasteiger partial charge in [0, 0.05) is 6.42 Å². The molecule has 0 amide bonds. The molecule has 16 heavy (non-hydrogen) atoms. The topological polar surface area (TPSA) is 26.3 Å². The van der Waals surface area contributed by atoms with Gasteiger partial charge in [-0.05, 0) is 37.6 Å². The van der Waals surface area contributed by atoms with Gasteiger partial charge in [-0.15, -0.1) is 0 Å². The van der Waals surface area contributed by atoms with Crippen molar-refractivity contribution in [3.63, 3.8) is 0 Å². The van der Waals surface area contributed by atoms with E-state index in [1.54, 1.807) is 12.1 Å². The van der Waals surface area contributed by atoms with E-state index >= 15 is 0 Å². The number of ether oxygens (including phenoxy) is 1. The lowest BCUT2D eigenvalue weighted by Crippen LogP contribution is -2.54. The third-order valence-corrected chi connectivity index (χ3v) is 3.54. The van der Waals surface area contributed by atoms with Gasteiger partial charge in [0.15, 0.2) is 0 Å². The average Bonchev–Trinajstić information content (AvgIpc) is 2.30. The van der Waals surface area contributed by atoms with Crippen molar-refractivity contribution in [2.45, 2.75) is 32.8 Å². The second kappa shape index (κ2) is 3.89. The van der Waals surface area contributed by atoms with Gasteiger partial charge in [-0.3, -0.25) is 4.79 Å². The molecule has 0 aromatic heterocycles. The molecule has 1 aliphatic carbocycles. The minimum atomic E-state index is -0.367. The van der Waals surface area contributed by atoms with Crippen LogP contribution in [0.3, 0.4) is 0 Å². The van der Waals surface area contributed by atoms with Crippen molar-refractivity contribution in [1.29, 1.82) is 0 Å². The zero-order chi connectivity index (χ0) is 11.8. The first-order valence-electron chi connectivity index (χ1n) is 5.52. The van der Waals surface area contributed by atoms with Crippen LogP contribution in [0.2, 0.25) is 0 Å². The SMILES string of the molecule is CCC1(C)C(=O)CC1Oc1ccc(F)cc1. The van der Waals surface area contributed by atoms with Crippen molar-refractivity contribution in [2.75, 3.05) is 0 Å². The van der Waals surface area contributed by atoms with E-state index in [0.717, 1.165) is 6.42 Å². The Balaban J connectivity index is 2.06. The maximum atomic E-state index is 12.7. The number of carbonyl (C=O) groups is 1. The summed E-state index contributed by atoms with van der Waals surface area (Å²) in [5.41, 5.74) is -0.367. The van der Waals surface area contributed by atoms with Crippen LogP contribution in [0.4, 0.5) is 4.39 Å². The molecule has 0 N–H and O–H groups in total. The highest BCUT2D eigenvalue weighted by Gasteiger charge is 2.51. The van der Waals surface area contributed by atoms with Crippen LogP contribution in [0.5, 0.6) is 5.75 Å². The van der Waals surface area contributed by atoms with Crippen LogP contribution in [0.1, 0.15) is 26.7 Å². The largest absolute Gasteiger partial charge is 0.489 e. The number of rotatable bonds is 3. The minimum Gasteiger partial charge on any atom is -0.489 e. The normalized spacial score (nSPS) is 28.7. The van der Waals surface area contributed by atoms with Crippen LogP contribution in [-0.2, 0) is 4.79 Å². The van der Waals surface area contributed by atoms with Crippen LogP contribution in [0, 0.1) is 11.2 Å². The molecule has 1 aromatic carbocycles. The highest BCUT2D eigenvalue weighted by molar-refractivity contribution is 5.92. The van der Waals surface area contributed by atoms with E-state index in [9.17, 15) is 9.18 Å². The molecular weight excluding hydrogens is 207 g/mol. The molecule has 3 heteroatoms. The first-order valence-corrected chi connectivity index (χ1v) is 5.52. The molecule has 1 aliphatic rings. The maximum Gasteiger partial charge on any atom is 0.146 e. The van der Waals surface area contributed by atoms with Gasteiger partial charge in [0.25, 0.3) is 0 Å². The van der Waals surface area contributed by atoms with Crippen LogP contribution < -0.4 is 4.74 Å². The van der Waals surface area contributed by atoms with Gasteiger partial charge in [-0.1, -0.05) is 6.92 Å². The smallest absolute Gasteiger partial charge is 0.146 e. The maximum absolute atomic E-state index is 12.7. The molecule has 0 bridgehead atoms. The summed E-state index contributed by atoms with van der Waals surface area (Å²) >= 11 is 0. The predicted octanol–water partition coefficient (Wildman–Crippen LogP) is 2.96. The van der Waals surface area contributed by atoms with E-state index in [1.807, 2.05) is 13.8 Å². The third-order valence-electron chi connectivity index (χ3n) is 3.54. The van der Waals surface area contributed by atoms with E-state index < -0.39 is 0 Å². The summed E-state index contributed by atoms with van der Waals surface area (Å²) in [5, 5.41) is 0. The summed E-state index contributed by atoms with van der Waals surface area (Å²) in [5.74, 6) is 0.593. The summed E-state index contributed by atoms with van der Waals surface area (Å²) in [6, 6.07) is 5.90. The van der Waals surface area contributed by atoms with Crippen molar-refractivity contribution >= 4 is 5.78 Å². The Morgan fingerprint density at radius 2 is 2.06 bits per heavy atom. The molecule has 1 aromatic rings. The van der Waals surface area contributed by atoms with E-state index in [4.69, 9.17) is 4.74 Å². The fourth-order valence-corrected chi connectivity index (χ4v) is 1.95. The second-order valence-electron chi connectivity index (χ2n) is 4.46.